The minimum absolute atomic E-state index is 0.181. The van der Waals surface area contributed by atoms with Crippen molar-refractivity contribution in [3.63, 3.8) is 0 Å². The number of ketones is 1. The summed E-state index contributed by atoms with van der Waals surface area (Å²) in [5.74, 6) is -0.781. The van der Waals surface area contributed by atoms with Crippen LogP contribution in [0.15, 0.2) is 30.6 Å². The van der Waals surface area contributed by atoms with E-state index >= 15 is 0 Å². The molecule has 156 valence electrons. The van der Waals surface area contributed by atoms with Gasteiger partial charge in [0.2, 0.25) is 0 Å². The predicted octanol–water partition coefficient (Wildman–Crippen LogP) is 2.43. The van der Waals surface area contributed by atoms with Crippen molar-refractivity contribution in [3.8, 4) is 11.4 Å². The fraction of sp³-hybridized carbons (Fsp3) is 0.263. The molecule has 3 aromatic rings. The number of aromatic nitrogens is 4. The number of esters is 1. The van der Waals surface area contributed by atoms with Crippen LogP contribution in [-0.4, -0.2) is 51.1 Å². The normalized spacial score (nSPS) is 10.5. The molecule has 0 spiro atoms. The Hall–Kier alpha value is -3.60. The molecule has 11 heteroatoms. The number of thiophene rings is 1. The van der Waals surface area contributed by atoms with Crippen LogP contribution in [0, 0.1) is 6.92 Å². The molecule has 0 saturated carbocycles. The molecule has 1 N–H and O–H groups in total. The minimum Gasteiger partial charge on any atom is -0.484 e. The SMILES string of the molecule is CCOC(=O)c1c(NC(=O)COc2ccc(-n3cnnn3)cc2)sc(C(C)=O)c1C. The average Bonchev–Trinajstić information content (AvgIpc) is 3.35. The van der Waals surface area contributed by atoms with Gasteiger partial charge < -0.3 is 14.8 Å². The van der Waals surface area contributed by atoms with Crippen LogP contribution < -0.4 is 10.1 Å². The molecule has 0 bridgehead atoms. The highest BCUT2D eigenvalue weighted by Crippen LogP contribution is 2.34. The van der Waals surface area contributed by atoms with E-state index in [0.29, 0.717) is 16.2 Å². The summed E-state index contributed by atoms with van der Waals surface area (Å²) in [6.45, 7) is 4.64. The molecule has 0 unspecified atom stereocenters. The molecule has 2 aromatic heterocycles. The molecule has 0 atom stereocenters. The zero-order chi connectivity index (χ0) is 21.7. The second-order valence-electron chi connectivity index (χ2n) is 6.12. The molecule has 0 aliphatic heterocycles. The van der Waals surface area contributed by atoms with E-state index in [1.165, 1.54) is 17.9 Å². The first-order chi connectivity index (χ1) is 14.4. The smallest absolute Gasteiger partial charge is 0.341 e. The molecule has 10 nitrogen and oxygen atoms in total. The van der Waals surface area contributed by atoms with Gasteiger partial charge in [-0.25, -0.2) is 9.48 Å². The third-order valence-electron chi connectivity index (χ3n) is 4.02. The third-order valence-corrected chi connectivity index (χ3v) is 5.33. The molecular weight excluding hydrogens is 410 g/mol. The summed E-state index contributed by atoms with van der Waals surface area (Å²) in [6.07, 6.45) is 1.46. The van der Waals surface area contributed by atoms with Gasteiger partial charge in [-0.05, 0) is 61.0 Å². The van der Waals surface area contributed by atoms with Gasteiger partial charge in [0.05, 0.1) is 22.7 Å². The number of carbonyl (C=O) groups excluding carboxylic acids is 3. The van der Waals surface area contributed by atoms with Crippen LogP contribution in [0.1, 0.15) is 39.4 Å². The molecule has 0 fully saturated rings. The first-order valence-corrected chi connectivity index (χ1v) is 9.79. The van der Waals surface area contributed by atoms with Gasteiger partial charge in [0.1, 0.15) is 17.1 Å². The van der Waals surface area contributed by atoms with E-state index in [4.69, 9.17) is 9.47 Å². The van der Waals surface area contributed by atoms with E-state index in [1.54, 1.807) is 38.1 Å². The van der Waals surface area contributed by atoms with Gasteiger partial charge in [-0.15, -0.1) is 16.4 Å². The molecular formula is C19H19N5O5S. The highest BCUT2D eigenvalue weighted by Gasteiger charge is 2.25. The van der Waals surface area contributed by atoms with Gasteiger partial charge >= 0.3 is 5.97 Å². The van der Waals surface area contributed by atoms with Crippen LogP contribution in [0.5, 0.6) is 5.75 Å². The van der Waals surface area contributed by atoms with Gasteiger partial charge in [0.15, 0.2) is 12.4 Å². The Morgan fingerprint density at radius 2 is 1.93 bits per heavy atom. The van der Waals surface area contributed by atoms with Gasteiger partial charge in [-0.2, -0.15) is 0 Å². The molecule has 3 rings (SSSR count). The quantitative estimate of drug-likeness (QED) is 0.427. The Morgan fingerprint density at radius 3 is 2.53 bits per heavy atom. The Morgan fingerprint density at radius 1 is 1.20 bits per heavy atom. The second-order valence-corrected chi connectivity index (χ2v) is 7.14. The maximum Gasteiger partial charge on any atom is 0.341 e. The second kappa shape index (κ2) is 9.27. The number of ether oxygens (including phenoxy) is 2. The van der Waals surface area contributed by atoms with Crippen molar-refractivity contribution in [1.29, 1.82) is 0 Å². The number of amides is 1. The van der Waals surface area contributed by atoms with E-state index in [-0.39, 0.29) is 29.6 Å². The van der Waals surface area contributed by atoms with Crippen molar-refractivity contribution in [1.82, 2.24) is 20.2 Å². The highest BCUT2D eigenvalue weighted by atomic mass is 32.1. The number of anilines is 1. The lowest BCUT2D eigenvalue weighted by atomic mass is 10.1. The summed E-state index contributed by atoms with van der Waals surface area (Å²) in [7, 11) is 0. The molecule has 1 amide bonds. The molecule has 2 heterocycles. The summed E-state index contributed by atoms with van der Waals surface area (Å²) in [6, 6.07) is 6.84. The van der Waals surface area contributed by atoms with Crippen LogP contribution in [0.25, 0.3) is 5.69 Å². The van der Waals surface area contributed by atoms with Crippen molar-refractivity contribution in [3.05, 3.63) is 46.6 Å². The first-order valence-electron chi connectivity index (χ1n) is 8.98. The zero-order valence-corrected chi connectivity index (χ0v) is 17.4. The minimum atomic E-state index is -0.590. The lowest BCUT2D eigenvalue weighted by Gasteiger charge is -2.09. The molecule has 0 aliphatic rings. The Labute approximate surface area is 175 Å². The monoisotopic (exact) mass is 429 g/mol. The van der Waals surface area contributed by atoms with Gasteiger partial charge in [0, 0.05) is 0 Å². The zero-order valence-electron chi connectivity index (χ0n) is 16.5. The standard InChI is InChI=1S/C19H19N5O5S/c1-4-28-19(27)16-11(2)17(12(3)25)30-18(16)21-15(26)9-29-14-7-5-13(6-8-14)24-10-20-22-23-24/h5-8,10H,4,9H2,1-3H3,(H,21,26). The predicted molar refractivity (Wildman–Crippen MR) is 108 cm³/mol. The summed E-state index contributed by atoms with van der Waals surface area (Å²) >= 11 is 1.04. The van der Waals surface area contributed by atoms with E-state index in [9.17, 15) is 14.4 Å². The number of nitrogens with one attached hydrogen (secondary N) is 1. The fourth-order valence-corrected chi connectivity index (χ4v) is 3.78. The summed E-state index contributed by atoms with van der Waals surface area (Å²) in [5.41, 5.74) is 1.41. The number of tetrazole rings is 1. The maximum atomic E-state index is 12.4. The first kappa shape index (κ1) is 21.1. The lowest BCUT2D eigenvalue weighted by Crippen LogP contribution is -2.21. The number of benzene rings is 1. The number of carbonyl (C=O) groups is 3. The summed E-state index contributed by atoms with van der Waals surface area (Å²) in [5, 5.41) is 13.8. The number of hydrogen-bond acceptors (Lipinski definition) is 9. The fourth-order valence-electron chi connectivity index (χ4n) is 2.67. The van der Waals surface area contributed by atoms with E-state index in [1.807, 2.05) is 0 Å². The van der Waals surface area contributed by atoms with Crippen molar-refractivity contribution in [2.45, 2.75) is 20.8 Å². The van der Waals surface area contributed by atoms with Crippen LogP contribution in [-0.2, 0) is 9.53 Å². The van der Waals surface area contributed by atoms with Crippen LogP contribution in [0.2, 0.25) is 0 Å². The van der Waals surface area contributed by atoms with Crippen molar-refractivity contribution in [2.75, 3.05) is 18.5 Å². The van der Waals surface area contributed by atoms with Gasteiger partial charge in [-0.1, -0.05) is 0 Å². The molecule has 0 aliphatic carbocycles. The number of hydrogen-bond donors (Lipinski definition) is 1. The van der Waals surface area contributed by atoms with E-state index in [2.05, 4.69) is 20.8 Å². The number of Topliss-reactive ketones (excluding diaryl/α,β-unsaturated/α-hetero) is 1. The van der Waals surface area contributed by atoms with Crippen molar-refractivity contribution in [2.24, 2.45) is 0 Å². The van der Waals surface area contributed by atoms with Crippen LogP contribution in [0.4, 0.5) is 5.00 Å². The summed E-state index contributed by atoms with van der Waals surface area (Å²) in [4.78, 5) is 36.9. The topological polar surface area (TPSA) is 125 Å². The van der Waals surface area contributed by atoms with Crippen LogP contribution in [0.3, 0.4) is 0 Å². The Bertz CT molecular complexity index is 1060. The van der Waals surface area contributed by atoms with Gasteiger partial charge in [-0.3, -0.25) is 9.59 Å². The van der Waals surface area contributed by atoms with Crippen molar-refractivity contribution < 1.29 is 23.9 Å². The average molecular weight is 429 g/mol. The number of nitrogens with zero attached hydrogens (tertiary/aromatic N) is 4. The van der Waals surface area contributed by atoms with E-state index in [0.717, 1.165) is 17.0 Å². The highest BCUT2D eigenvalue weighted by molar-refractivity contribution is 7.18. The maximum absolute atomic E-state index is 12.4. The Kier molecular flexibility index (Phi) is 6.52. The largest absolute Gasteiger partial charge is 0.484 e. The van der Waals surface area contributed by atoms with Gasteiger partial charge in [0.25, 0.3) is 5.91 Å². The van der Waals surface area contributed by atoms with Crippen LogP contribution >= 0.6 is 11.3 Å². The third kappa shape index (κ3) is 4.69. The van der Waals surface area contributed by atoms with Crippen molar-refractivity contribution >= 4 is 34.0 Å². The molecule has 1 aromatic carbocycles. The number of rotatable bonds is 8. The molecule has 0 saturated heterocycles. The van der Waals surface area contributed by atoms with E-state index < -0.39 is 11.9 Å². The summed E-state index contributed by atoms with van der Waals surface area (Å²) < 4.78 is 12.0. The Balaban J connectivity index is 1.68. The molecule has 30 heavy (non-hydrogen) atoms. The lowest BCUT2D eigenvalue weighted by molar-refractivity contribution is -0.118. The molecule has 0 radical (unpaired) electrons.